The van der Waals surface area contributed by atoms with Crippen LogP contribution in [0, 0.1) is 20.5 Å². The quantitative estimate of drug-likeness (QED) is 0.635. The van der Waals surface area contributed by atoms with Gasteiger partial charge in [-0.25, -0.2) is 0 Å². The number of rotatable bonds is 9. The molecule has 1 aliphatic heterocycles. The number of nitrogens with zero attached hydrogens (tertiary/aromatic N) is 1. The zero-order chi connectivity index (χ0) is 19.9. The summed E-state index contributed by atoms with van der Waals surface area (Å²) in [6.45, 7) is 11.6. The van der Waals surface area contributed by atoms with E-state index in [0.29, 0.717) is 6.61 Å². The van der Waals surface area contributed by atoms with E-state index < -0.39 is 0 Å². The molecular formula is C24H32NO3. The molecule has 3 rings (SSSR count). The van der Waals surface area contributed by atoms with Crippen molar-refractivity contribution in [2.75, 3.05) is 26.2 Å². The molecule has 0 saturated carbocycles. The molecule has 2 aromatic rings. The highest BCUT2D eigenvalue weighted by atomic mass is 16.5. The molecule has 0 bridgehead atoms. The van der Waals surface area contributed by atoms with Gasteiger partial charge in [0, 0.05) is 19.6 Å². The highest BCUT2D eigenvalue weighted by molar-refractivity contribution is 5.74. The molecule has 0 amide bonds. The third-order valence-corrected chi connectivity index (χ3v) is 5.36. The number of aliphatic hydroxyl groups is 1. The maximum atomic E-state index is 9.62. The predicted molar refractivity (Wildman–Crippen MR) is 114 cm³/mol. The molecule has 1 fully saturated rings. The second-order valence-corrected chi connectivity index (χ2v) is 7.50. The first-order valence-corrected chi connectivity index (χ1v) is 10.3. The zero-order valence-electron chi connectivity index (χ0n) is 17.3. The molecule has 0 unspecified atom stereocenters. The first-order chi connectivity index (χ1) is 13.6. The number of likely N-dealkylation sites (tertiary alicyclic amines) is 1. The van der Waals surface area contributed by atoms with Crippen LogP contribution in [0.5, 0.6) is 11.5 Å². The molecule has 1 radical (unpaired) electrons. The number of ether oxygens (including phenoxy) is 2. The Bertz CT molecular complexity index is 774. The number of β-amino-alcohol motifs (C(OH)–C–C–N with tert-alkyl or cyclic N) is 1. The van der Waals surface area contributed by atoms with Gasteiger partial charge in [-0.15, -0.1) is 0 Å². The van der Waals surface area contributed by atoms with Crippen molar-refractivity contribution < 1.29 is 14.6 Å². The van der Waals surface area contributed by atoms with E-state index >= 15 is 0 Å². The van der Waals surface area contributed by atoms with Gasteiger partial charge in [-0.05, 0) is 67.5 Å². The lowest BCUT2D eigenvalue weighted by molar-refractivity contribution is 0.173. The lowest BCUT2D eigenvalue weighted by Gasteiger charge is -2.17. The Labute approximate surface area is 169 Å². The van der Waals surface area contributed by atoms with E-state index in [2.05, 4.69) is 43.9 Å². The van der Waals surface area contributed by atoms with Crippen molar-refractivity contribution in [2.45, 2.75) is 46.1 Å². The van der Waals surface area contributed by atoms with Crippen LogP contribution in [0.4, 0.5) is 0 Å². The van der Waals surface area contributed by atoms with E-state index in [1.165, 1.54) is 11.1 Å². The third-order valence-electron chi connectivity index (χ3n) is 5.36. The molecule has 4 nitrogen and oxygen atoms in total. The van der Waals surface area contributed by atoms with Crippen molar-refractivity contribution in [1.82, 2.24) is 4.90 Å². The smallest absolute Gasteiger partial charge is 0.135 e. The maximum Gasteiger partial charge on any atom is 0.135 e. The second kappa shape index (κ2) is 9.94. The molecule has 0 aromatic heterocycles. The fourth-order valence-electron chi connectivity index (χ4n) is 3.76. The van der Waals surface area contributed by atoms with Crippen LogP contribution in [0.3, 0.4) is 0 Å². The van der Waals surface area contributed by atoms with E-state index in [1.807, 2.05) is 24.8 Å². The molecular weight excluding hydrogens is 350 g/mol. The lowest BCUT2D eigenvalue weighted by Crippen LogP contribution is -2.24. The third kappa shape index (κ3) is 5.06. The van der Waals surface area contributed by atoms with Gasteiger partial charge in [0.15, 0.2) is 0 Å². The van der Waals surface area contributed by atoms with Gasteiger partial charge >= 0.3 is 0 Å². The van der Waals surface area contributed by atoms with Crippen LogP contribution in [0.1, 0.15) is 37.3 Å². The molecule has 1 heterocycles. The lowest BCUT2D eigenvalue weighted by atomic mass is 9.95. The first-order valence-electron chi connectivity index (χ1n) is 10.3. The van der Waals surface area contributed by atoms with E-state index in [9.17, 15) is 5.11 Å². The SMILES string of the molecule is CC[CH]Oc1cccc(-c2cccc(OCCCN3CC[C@@H](O)C3)c2C)c1C. The minimum Gasteiger partial charge on any atom is -0.493 e. The first kappa shape index (κ1) is 20.7. The van der Waals surface area contributed by atoms with Gasteiger partial charge in [0.05, 0.1) is 12.7 Å². The number of hydrogen-bond donors (Lipinski definition) is 1. The Balaban J connectivity index is 1.66. The summed E-state index contributed by atoms with van der Waals surface area (Å²) < 4.78 is 11.9. The van der Waals surface area contributed by atoms with Gasteiger partial charge in [0.1, 0.15) is 18.1 Å². The van der Waals surface area contributed by atoms with Crippen molar-refractivity contribution in [3.63, 3.8) is 0 Å². The van der Waals surface area contributed by atoms with Gasteiger partial charge in [0.2, 0.25) is 0 Å². The summed E-state index contributed by atoms with van der Waals surface area (Å²) in [6, 6.07) is 12.4. The van der Waals surface area contributed by atoms with Crippen molar-refractivity contribution in [2.24, 2.45) is 0 Å². The summed E-state index contributed by atoms with van der Waals surface area (Å²) in [5.41, 5.74) is 4.65. The monoisotopic (exact) mass is 382 g/mol. The summed E-state index contributed by atoms with van der Waals surface area (Å²) in [6.07, 6.45) is 2.58. The molecule has 1 atom stereocenters. The van der Waals surface area contributed by atoms with Crippen LogP contribution < -0.4 is 9.47 Å². The standard InChI is InChI=1S/C24H32NO3/c1-4-15-27-23-10-5-8-21(18(23)2)22-9-6-11-24(19(22)3)28-16-7-13-25-14-12-20(26)17-25/h5-6,8-11,15,20,26H,4,7,12-14,16-17H2,1-3H3/t20-/m1/s1. The molecule has 0 spiro atoms. The maximum absolute atomic E-state index is 9.62. The van der Waals surface area contributed by atoms with Crippen molar-refractivity contribution in [1.29, 1.82) is 0 Å². The largest absolute Gasteiger partial charge is 0.493 e. The average Bonchev–Trinajstić information content (AvgIpc) is 3.11. The van der Waals surface area contributed by atoms with Gasteiger partial charge in [0.25, 0.3) is 0 Å². The molecule has 4 heteroatoms. The summed E-state index contributed by atoms with van der Waals surface area (Å²) >= 11 is 0. The zero-order valence-corrected chi connectivity index (χ0v) is 17.3. The summed E-state index contributed by atoms with van der Waals surface area (Å²) in [7, 11) is 0. The van der Waals surface area contributed by atoms with Crippen molar-refractivity contribution >= 4 is 0 Å². The molecule has 28 heavy (non-hydrogen) atoms. The fraction of sp³-hybridized carbons (Fsp3) is 0.458. The Morgan fingerprint density at radius 1 is 1.07 bits per heavy atom. The predicted octanol–water partition coefficient (Wildman–Crippen LogP) is 4.76. The van der Waals surface area contributed by atoms with Crippen LogP contribution in [-0.4, -0.2) is 42.4 Å². The van der Waals surface area contributed by atoms with Crippen molar-refractivity contribution in [3.8, 4) is 22.6 Å². The van der Waals surface area contributed by atoms with E-state index in [4.69, 9.17) is 9.47 Å². The normalized spacial score (nSPS) is 17.1. The second-order valence-electron chi connectivity index (χ2n) is 7.50. The van der Waals surface area contributed by atoms with E-state index in [-0.39, 0.29) is 6.10 Å². The van der Waals surface area contributed by atoms with Gasteiger partial charge in [-0.2, -0.15) is 0 Å². The van der Waals surface area contributed by atoms with Gasteiger partial charge in [-0.3, -0.25) is 0 Å². The minimum absolute atomic E-state index is 0.155. The fourth-order valence-corrected chi connectivity index (χ4v) is 3.76. The van der Waals surface area contributed by atoms with E-state index in [1.54, 1.807) is 0 Å². The Morgan fingerprint density at radius 2 is 1.75 bits per heavy atom. The number of benzene rings is 2. The number of aliphatic hydroxyl groups excluding tert-OH is 1. The minimum atomic E-state index is -0.155. The van der Waals surface area contributed by atoms with Crippen LogP contribution >= 0.6 is 0 Å². The molecule has 2 aromatic carbocycles. The topological polar surface area (TPSA) is 41.9 Å². The summed E-state index contributed by atoms with van der Waals surface area (Å²) in [4.78, 5) is 2.31. The highest BCUT2D eigenvalue weighted by Crippen LogP contribution is 2.35. The average molecular weight is 383 g/mol. The Hall–Kier alpha value is -2.04. The van der Waals surface area contributed by atoms with Crippen LogP contribution in [0.15, 0.2) is 36.4 Å². The van der Waals surface area contributed by atoms with Gasteiger partial charge < -0.3 is 19.5 Å². The van der Waals surface area contributed by atoms with Crippen LogP contribution in [0.25, 0.3) is 11.1 Å². The van der Waals surface area contributed by atoms with E-state index in [0.717, 1.165) is 61.5 Å². The van der Waals surface area contributed by atoms with Crippen LogP contribution in [0.2, 0.25) is 0 Å². The highest BCUT2D eigenvalue weighted by Gasteiger charge is 2.19. The molecule has 0 aliphatic carbocycles. The molecule has 151 valence electrons. The molecule has 1 saturated heterocycles. The molecule has 1 N–H and O–H groups in total. The number of hydrogen-bond acceptors (Lipinski definition) is 4. The Kier molecular flexibility index (Phi) is 7.35. The van der Waals surface area contributed by atoms with Gasteiger partial charge in [-0.1, -0.05) is 31.2 Å². The molecule has 1 aliphatic rings. The summed E-state index contributed by atoms with van der Waals surface area (Å²) in [5.74, 6) is 1.84. The van der Waals surface area contributed by atoms with Crippen molar-refractivity contribution in [3.05, 3.63) is 54.1 Å². The Morgan fingerprint density at radius 3 is 2.39 bits per heavy atom. The summed E-state index contributed by atoms with van der Waals surface area (Å²) in [5, 5.41) is 9.62. The van der Waals surface area contributed by atoms with Crippen LogP contribution in [-0.2, 0) is 0 Å².